The lowest BCUT2D eigenvalue weighted by molar-refractivity contribution is -0.122. The highest BCUT2D eigenvalue weighted by Gasteiger charge is 2.20. The second kappa shape index (κ2) is 10.8. The second-order valence-corrected chi connectivity index (χ2v) is 10.7. The molecule has 2 amide bonds. The number of carbonyl (C=O) groups excluding carboxylic acids is 2. The van der Waals surface area contributed by atoms with Gasteiger partial charge in [-0.2, -0.15) is 0 Å². The minimum Gasteiger partial charge on any atom is -0.349 e. The van der Waals surface area contributed by atoms with E-state index >= 15 is 0 Å². The number of thiophene rings is 1. The van der Waals surface area contributed by atoms with Gasteiger partial charge in [0.2, 0.25) is 16.9 Å². The molecule has 0 spiro atoms. The average molecular weight is 450 g/mol. The predicted molar refractivity (Wildman–Crippen MR) is 124 cm³/mol. The molecule has 0 aliphatic rings. The summed E-state index contributed by atoms with van der Waals surface area (Å²) in [6.45, 7) is 10.3. The molecule has 0 aliphatic carbocycles. The molecule has 0 saturated carbocycles. The van der Waals surface area contributed by atoms with Crippen LogP contribution in [0.3, 0.4) is 0 Å². The molecule has 0 saturated heterocycles. The summed E-state index contributed by atoms with van der Waals surface area (Å²) in [4.78, 5) is 25.9. The van der Waals surface area contributed by atoms with Crippen LogP contribution in [0.15, 0.2) is 29.7 Å². The summed E-state index contributed by atoms with van der Waals surface area (Å²) in [5.74, 6) is -0.190. The molecule has 0 aliphatic heterocycles. The molecule has 2 atom stereocenters. The molecule has 2 aromatic rings. The van der Waals surface area contributed by atoms with Crippen molar-refractivity contribution >= 4 is 39.6 Å². The van der Waals surface area contributed by atoms with Crippen LogP contribution in [0.4, 0.5) is 5.13 Å². The topological polar surface area (TPSA) is 110 Å². The van der Waals surface area contributed by atoms with Crippen molar-refractivity contribution in [1.29, 1.82) is 0 Å². The number of nitrogens with two attached hydrogens (primary N) is 1. The lowest BCUT2D eigenvalue weighted by Gasteiger charge is -2.19. The smallest absolute Gasteiger partial charge is 0.249 e. The van der Waals surface area contributed by atoms with Crippen LogP contribution in [0, 0.1) is 5.92 Å². The lowest BCUT2D eigenvalue weighted by Crippen LogP contribution is -2.46. The van der Waals surface area contributed by atoms with Crippen molar-refractivity contribution in [3.63, 3.8) is 0 Å². The summed E-state index contributed by atoms with van der Waals surface area (Å²) < 4.78 is 0. The van der Waals surface area contributed by atoms with Crippen molar-refractivity contribution in [2.45, 2.75) is 65.0 Å². The molecule has 0 fully saturated rings. The summed E-state index contributed by atoms with van der Waals surface area (Å²) in [5, 5.41) is 17.1. The standard InChI is InChI=1S/C21H31N5O2S2/c1-13(2)11-14(23-18(28)16(22)12-15-7-6-10-29-15)8-9-17(27)24-20-26-25-19(30-20)21(3,4)5/h6-10,13-14,16H,11-12,22H2,1-5H3,(H,23,28)(H,24,26,27)/t14-,16+/m1/s1. The number of carbonyl (C=O) groups is 2. The molecule has 2 aromatic heterocycles. The predicted octanol–water partition coefficient (Wildman–Crippen LogP) is 3.49. The highest BCUT2D eigenvalue weighted by atomic mass is 32.1. The molecule has 0 unspecified atom stereocenters. The van der Waals surface area contributed by atoms with E-state index in [1.165, 1.54) is 17.4 Å². The molecule has 0 radical (unpaired) electrons. The fraction of sp³-hybridized carbons (Fsp3) is 0.524. The maximum Gasteiger partial charge on any atom is 0.249 e. The number of nitrogens with one attached hydrogen (secondary N) is 2. The molecular weight excluding hydrogens is 418 g/mol. The van der Waals surface area contributed by atoms with Gasteiger partial charge in [0.1, 0.15) is 5.01 Å². The van der Waals surface area contributed by atoms with E-state index in [4.69, 9.17) is 5.73 Å². The van der Waals surface area contributed by atoms with Crippen molar-refractivity contribution in [2.75, 3.05) is 5.32 Å². The van der Waals surface area contributed by atoms with Gasteiger partial charge in [-0.1, -0.05) is 58.1 Å². The zero-order valence-electron chi connectivity index (χ0n) is 18.1. The lowest BCUT2D eigenvalue weighted by atomic mass is 9.98. The number of nitrogens with zero attached hydrogens (tertiary/aromatic N) is 2. The number of anilines is 1. The SMILES string of the molecule is CC(C)C[C@@H](C=CC(=O)Nc1nnc(C(C)(C)C)s1)NC(=O)[C@@H](N)Cc1cccs1. The molecule has 7 nitrogen and oxygen atoms in total. The fourth-order valence-electron chi connectivity index (χ4n) is 2.65. The van der Waals surface area contributed by atoms with Gasteiger partial charge in [0.25, 0.3) is 0 Å². The van der Waals surface area contributed by atoms with Crippen LogP contribution in [-0.4, -0.2) is 34.1 Å². The Morgan fingerprint density at radius 2 is 2.00 bits per heavy atom. The average Bonchev–Trinajstić information content (AvgIpc) is 3.30. The fourth-order valence-corrected chi connectivity index (χ4v) is 4.22. The first-order chi connectivity index (χ1) is 14.0. The summed E-state index contributed by atoms with van der Waals surface area (Å²) in [6, 6.07) is 3.00. The molecule has 9 heteroatoms. The maximum absolute atomic E-state index is 12.5. The zero-order chi connectivity index (χ0) is 22.3. The molecule has 164 valence electrons. The summed E-state index contributed by atoms with van der Waals surface area (Å²) in [6.07, 6.45) is 4.33. The molecule has 0 bridgehead atoms. The first-order valence-electron chi connectivity index (χ1n) is 9.96. The Kier molecular flexibility index (Phi) is 8.69. The highest BCUT2D eigenvalue weighted by molar-refractivity contribution is 7.15. The van der Waals surface area contributed by atoms with E-state index in [0.29, 0.717) is 23.9 Å². The Hall–Kier alpha value is -2.10. The van der Waals surface area contributed by atoms with Crippen LogP contribution >= 0.6 is 22.7 Å². The normalized spacial score (nSPS) is 14.1. The van der Waals surface area contributed by atoms with Gasteiger partial charge in [0, 0.05) is 28.8 Å². The van der Waals surface area contributed by atoms with Gasteiger partial charge >= 0.3 is 0 Å². The van der Waals surface area contributed by atoms with E-state index in [0.717, 1.165) is 9.88 Å². The van der Waals surface area contributed by atoms with Crippen LogP contribution in [0.1, 0.15) is 50.9 Å². The van der Waals surface area contributed by atoms with E-state index in [9.17, 15) is 9.59 Å². The second-order valence-electron chi connectivity index (χ2n) is 8.65. The Morgan fingerprint density at radius 3 is 2.57 bits per heavy atom. The Labute approximate surface area is 186 Å². The summed E-state index contributed by atoms with van der Waals surface area (Å²) in [5.41, 5.74) is 5.94. The van der Waals surface area contributed by atoms with E-state index < -0.39 is 6.04 Å². The minimum atomic E-state index is -0.627. The van der Waals surface area contributed by atoms with E-state index in [2.05, 4.69) is 34.7 Å². The van der Waals surface area contributed by atoms with Crippen molar-refractivity contribution in [3.05, 3.63) is 39.5 Å². The zero-order valence-corrected chi connectivity index (χ0v) is 19.8. The third-order valence-corrected chi connectivity index (χ3v) is 6.33. The Balaban J connectivity index is 1.95. The van der Waals surface area contributed by atoms with Gasteiger partial charge in [-0.05, 0) is 23.8 Å². The third-order valence-electron chi connectivity index (χ3n) is 4.17. The van der Waals surface area contributed by atoms with Crippen molar-refractivity contribution in [1.82, 2.24) is 15.5 Å². The van der Waals surface area contributed by atoms with Gasteiger partial charge in [-0.3, -0.25) is 14.9 Å². The largest absolute Gasteiger partial charge is 0.349 e. The number of hydrogen-bond acceptors (Lipinski definition) is 7. The van der Waals surface area contributed by atoms with Crippen LogP contribution in [0.2, 0.25) is 0 Å². The minimum absolute atomic E-state index is 0.120. The molecule has 0 aromatic carbocycles. The van der Waals surface area contributed by atoms with Gasteiger partial charge in [0.05, 0.1) is 6.04 Å². The van der Waals surface area contributed by atoms with Crippen LogP contribution in [0.5, 0.6) is 0 Å². The number of aromatic nitrogens is 2. The van der Waals surface area contributed by atoms with E-state index in [1.54, 1.807) is 17.4 Å². The Bertz CT molecular complexity index is 853. The van der Waals surface area contributed by atoms with E-state index in [1.807, 2.05) is 38.3 Å². The van der Waals surface area contributed by atoms with Crippen LogP contribution in [-0.2, 0) is 21.4 Å². The van der Waals surface area contributed by atoms with Crippen molar-refractivity contribution in [2.24, 2.45) is 11.7 Å². The molecule has 4 N–H and O–H groups in total. The third kappa shape index (κ3) is 7.97. The van der Waals surface area contributed by atoms with Crippen LogP contribution < -0.4 is 16.4 Å². The van der Waals surface area contributed by atoms with E-state index in [-0.39, 0.29) is 23.3 Å². The Morgan fingerprint density at radius 1 is 1.27 bits per heavy atom. The van der Waals surface area contributed by atoms with Crippen LogP contribution in [0.25, 0.3) is 0 Å². The van der Waals surface area contributed by atoms with Gasteiger partial charge < -0.3 is 11.1 Å². The molecular formula is C21H31N5O2S2. The summed E-state index contributed by atoms with van der Waals surface area (Å²) in [7, 11) is 0. The molecule has 2 rings (SSSR count). The maximum atomic E-state index is 12.5. The quantitative estimate of drug-likeness (QED) is 0.508. The van der Waals surface area contributed by atoms with Gasteiger partial charge in [-0.25, -0.2) is 0 Å². The summed E-state index contributed by atoms with van der Waals surface area (Å²) >= 11 is 2.94. The molecule has 30 heavy (non-hydrogen) atoms. The van der Waals surface area contributed by atoms with Gasteiger partial charge in [0.15, 0.2) is 0 Å². The number of amides is 2. The van der Waals surface area contributed by atoms with Crippen molar-refractivity contribution in [3.8, 4) is 0 Å². The number of rotatable bonds is 9. The first kappa shape index (κ1) is 24.2. The number of hydrogen-bond donors (Lipinski definition) is 3. The monoisotopic (exact) mass is 449 g/mol. The van der Waals surface area contributed by atoms with Crippen molar-refractivity contribution < 1.29 is 9.59 Å². The van der Waals surface area contributed by atoms with Gasteiger partial charge in [-0.15, -0.1) is 21.5 Å². The molecule has 2 heterocycles. The highest BCUT2D eigenvalue weighted by Crippen LogP contribution is 2.27. The first-order valence-corrected chi connectivity index (χ1v) is 11.7.